The van der Waals surface area contributed by atoms with Gasteiger partial charge >= 0.3 is 0 Å². The van der Waals surface area contributed by atoms with Crippen LogP contribution in [0.4, 0.5) is 34.1 Å². The van der Waals surface area contributed by atoms with Crippen LogP contribution < -0.4 is 26.4 Å². The molecule has 0 fully saturated rings. The number of phenolic OH excluding ortho intramolecular Hbond substituents is 5. The molecule has 0 aromatic heterocycles. The van der Waals surface area contributed by atoms with Gasteiger partial charge in [-0.15, -0.1) is 0 Å². The van der Waals surface area contributed by atoms with Gasteiger partial charge in [0.25, 0.3) is 11.4 Å². The summed E-state index contributed by atoms with van der Waals surface area (Å²) in [5.74, 6) is -0.326. The first-order valence-electron chi connectivity index (χ1n) is 11.4. The Kier molecular flexibility index (Phi) is 11.2. The summed E-state index contributed by atoms with van der Waals surface area (Å²) in [6.45, 7) is 0. The van der Waals surface area contributed by atoms with Crippen molar-refractivity contribution in [3.8, 4) is 34.5 Å². The SMILES string of the molecule is COc1cc([N+](=O)[O-])ccc1NNc1cc(O)ccc1O.O=[N+]([O-])c1ccc(NNc2cc(O)ccc2O)c(O)c1.[Co]. The van der Waals surface area contributed by atoms with Gasteiger partial charge in [-0.1, -0.05) is 0 Å². The predicted octanol–water partition coefficient (Wildman–Crippen LogP) is 4.60. The Bertz CT molecular complexity index is 1570. The van der Waals surface area contributed by atoms with Crippen LogP contribution in [0.1, 0.15) is 0 Å². The third kappa shape index (κ3) is 8.59. The molecule has 4 aromatic rings. The molecule has 0 heterocycles. The molecule has 1 radical (unpaired) electrons. The number of hydrazine groups is 2. The van der Waals surface area contributed by atoms with Crippen LogP contribution in [0.15, 0.2) is 72.8 Å². The van der Waals surface area contributed by atoms with Crippen molar-refractivity contribution >= 4 is 34.1 Å². The fourth-order valence-electron chi connectivity index (χ4n) is 3.15. The molecule has 0 aliphatic rings. The summed E-state index contributed by atoms with van der Waals surface area (Å²) in [6.07, 6.45) is 0. The Hall–Kier alpha value is -5.81. The molecule has 17 heteroatoms. The fourth-order valence-corrected chi connectivity index (χ4v) is 3.15. The third-order valence-electron chi connectivity index (χ3n) is 5.21. The van der Waals surface area contributed by atoms with Crippen molar-refractivity contribution in [2.75, 3.05) is 28.8 Å². The molecule has 4 rings (SSSR count). The van der Waals surface area contributed by atoms with Crippen LogP contribution in [0, 0.1) is 20.2 Å². The first-order valence-corrected chi connectivity index (χ1v) is 11.4. The molecule has 0 aliphatic heterocycles. The number of hydrogen-bond acceptors (Lipinski definition) is 14. The van der Waals surface area contributed by atoms with E-state index in [1.165, 1.54) is 73.8 Å². The number of methoxy groups -OCH3 is 1. The maximum Gasteiger partial charge on any atom is 0.273 e. The smallest absolute Gasteiger partial charge is 0.273 e. The maximum atomic E-state index is 10.7. The summed E-state index contributed by atoms with van der Waals surface area (Å²) in [4.78, 5) is 20.1. The number of nitro groups is 2. The second-order valence-electron chi connectivity index (χ2n) is 8.00. The summed E-state index contributed by atoms with van der Waals surface area (Å²) < 4.78 is 5.06. The number of nitrogens with zero attached hydrogens (tertiary/aromatic N) is 2. The van der Waals surface area contributed by atoms with E-state index in [4.69, 9.17) is 4.74 Å². The summed E-state index contributed by atoms with van der Waals surface area (Å²) in [6, 6.07) is 15.4. The molecule has 0 amide bonds. The normalized spacial score (nSPS) is 9.74. The average Bonchev–Trinajstić information content (AvgIpc) is 2.94. The van der Waals surface area contributed by atoms with Gasteiger partial charge in [0.05, 0.1) is 51.8 Å². The first kappa shape index (κ1) is 32.4. The number of nitrogens with one attached hydrogen (secondary N) is 4. The molecular formula is C25H24CoN6O10. The molecule has 0 saturated carbocycles. The van der Waals surface area contributed by atoms with Crippen molar-refractivity contribution in [3.63, 3.8) is 0 Å². The van der Waals surface area contributed by atoms with Gasteiger partial charge in [0.2, 0.25) is 0 Å². The average molecular weight is 627 g/mol. The van der Waals surface area contributed by atoms with Crippen molar-refractivity contribution in [2.45, 2.75) is 0 Å². The van der Waals surface area contributed by atoms with Crippen molar-refractivity contribution in [3.05, 3.63) is 93.0 Å². The topological polar surface area (TPSA) is 245 Å². The molecule has 223 valence electrons. The van der Waals surface area contributed by atoms with Gasteiger partial charge in [-0.05, 0) is 36.4 Å². The molecule has 0 atom stereocenters. The fraction of sp³-hybridized carbons (Fsp3) is 0.0400. The van der Waals surface area contributed by atoms with E-state index in [1.54, 1.807) is 0 Å². The standard InChI is InChI=1S/C13H13N3O5.C12H11N3O5.Co/c1-21-13-6-8(16(19)20)2-4-10(13)14-15-11-7-9(17)3-5-12(11)18;16-8-2-4-11(17)10(6-8)14-13-9-3-1-7(15(19)20)5-12(9)18;/h2-7,14-15,17-18H,1H3;1-6,13-14,16-18H;. The monoisotopic (exact) mass is 627 g/mol. The second-order valence-corrected chi connectivity index (χ2v) is 8.00. The van der Waals surface area contributed by atoms with Crippen LogP contribution in [0.25, 0.3) is 0 Å². The minimum absolute atomic E-state index is 0. The first-order chi connectivity index (χ1) is 19.5. The summed E-state index contributed by atoms with van der Waals surface area (Å²) >= 11 is 0. The third-order valence-corrected chi connectivity index (χ3v) is 5.21. The predicted molar refractivity (Wildman–Crippen MR) is 148 cm³/mol. The number of hydrogen-bond donors (Lipinski definition) is 9. The van der Waals surface area contributed by atoms with E-state index < -0.39 is 9.85 Å². The number of anilines is 4. The molecule has 42 heavy (non-hydrogen) atoms. The summed E-state index contributed by atoms with van der Waals surface area (Å²) in [5, 5.41) is 68.6. The molecule has 0 unspecified atom stereocenters. The van der Waals surface area contributed by atoms with E-state index in [9.17, 15) is 45.8 Å². The zero-order valence-electron chi connectivity index (χ0n) is 21.4. The number of benzene rings is 4. The Labute approximate surface area is 247 Å². The van der Waals surface area contributed by atoms with Crippen LogP contribution in [0.5, 0.6) is 34.5 Å². The largest absolute Gasteiger partial charge is 0.508 e. The van der Waals surface area contributed by atoms with Gasteiger partial charge in [0.1, 0.15) is 28.7 Å². The summed E-state index contributed by atoms with van der Waals surface area (Å²) in [5.41, 5.74) is 11.3. The Morgan fingerprint density at radius 2 is 1.00 bits per heavy atom. The van der Waals surface area contributed by atoms with Gasteiger partial charge in [0, 0.05) is 41.0 Å². The quantitative estimate of drug-likeness (QED) is 0.0533. The van der Waals surface area contributed by atoms with Gasteiger partial charge < -0.3 is 30.3 Å². The minimum atomic E-state index is -0.627. The Morgan fingerprint density at radius 1 is 0.571 bits per heavy atom. The van der Waals surface area contributed by atoms with Gasteiger partial charge in [-0.2, -0.15) is 0 Å². The van der Waals surface area contributed by atoms with Crippen molar-refractivity contribution in [1.82, 2.24) is 0 Å². The van der Waals surface area contributed by atoms with E-state index in [1.807, 2.05) is 0 Å². The molecule has 0 saturated heterocycles. The molecule has 0 spiro atoms. The van der Waals surface area contributed by atoms with Crippen molar-refractivity contribution < 1.29 is 56.9 Å². The molecule has 4 aromatic carbocycles. The minimum Gasteiger partial charge on any atom is -0.508 e. The van der Waals surface area contributed by atoms with Crippen LogP contribution in [-0.4, -0.2) is 42.5 Å². The number of rotatable bonds is 9. The zero-order valence-corrected chi connectivity index (χ0v) is 22.5. The van der Waals surface area contributed by atoms with Crippen LogP contribution in [0.2, 0.25) is 0 Å². The number of phenols is 5. The summed E-state index contributed by atoms with van der Waals surface area (Å²) in [7, 11) is 1.38. The van der Waals surface area contributed by atoms with Crippen LogP contribution in [0.3, 0.4) is 0 Å². The van der Waals surface area contributed by atoms with E-state index >= 15 is 0 Å². The van der Waals surface area contributed by atoms with E-state index in [2.05, 4.69) is 21.7 Å². The van der Waals surface area contributed by atoms with Gasteiger partial charge in [-0.3, -0.25) is 41.9 Å². The number of aromatic hydroxyl groups is 5. The number of nitro benzene ring substituents is 2. The van der Waals surface area contributed by atoms with E-state index in [0.717, 1.165) is 6.07 Å². The molecule has 0 aliphatic carbocycles. The molecule has 16 nitrogen and oxygen atoms in total. The van der Waals surface area contributed by atoms with Crippen LogP contribution >= 0.6 is 0 Å². The van der Waals surface area contributed by atoms with Crippen molar-refractivity contribution in [1.29, 1.82) is 0 Å². The second kappa shape index (κ2) is 14.5. The van der Waals surface area contributed by atoms with Gasteiger partial charge in [0.15, 0.2) is 5.75 Å². The van der Waals surface area contributed by atoms with Crippen molar-refractivity contribution in [2.24, 2.45) is 0 Å². The Morgan fingerprint density at radius 3 is 1.45 bits per heavy atom. The molecule has 0 bridgehead atoms. The maximum absolute atomic E-state index is 10.7. The molecule has 9 N–H and O–H groups in total. The van der Waals surface area contributed by atoms with E-state index in [0.29, 0.717) is 5.69 Å². The molecular weight excluding hydrogens is 603 g/mol. The number of non-ortho nitro benzene ring substituents is 2. The zero-order chi connectivity index (χ0) is 30.1. The van der Waals surface area contributed by atoms with Crippen LogP contribution in [-0.2, 0) is 16.8 Å². The van der Waals surface area contributed by atoms with E-state index in [-0.39, 0.29) is 79.7 Å². The van der Waals surface area contributed by atoms with Gasteiger partial charge in [-0.25, -0.2) is 0 Å². The Balaban J connectivity index is 0.000000287. The number of ether oxygens (including phenoxy) is 1.